The molecule has 0 amide bonds. The fourth-order valence-corrected chi connectivity index (χ4v) is 3.24. The molecule has 2 aromatic rings. The first kappa shape index (κ1) is 19.5. The lowest BCUT2D eigenvalue weighted by atomic mass is 10.0. The van der Waals surface area contributed by atoms with Crippen molar-refractivity contribution in [2.24, 2.45) is 0 Å². The van der Waals surface area contributed by atoms with Gasteiger partial charge >= 0.3 is 0 Å². The third kappa shape index (κ3) is 3.36. The molecular weight excluding hydrogens is 352 g/mol. The number of rotatable bonds is 7. The van der Waals surface area contributed by atoms with E-state index in [1.807, 2.05) is 13.0 Å². The predicted molar refractivity (Wildman–Crippen MR) is 100 cm³/mol. The van der Waals surface area contributed by atoms with Gasteiger partial charge in [0.1, 0.15) is 24.1 Å². The number of nitrogens with one attached hydrogen (secondary N) is 1. The fraction of sp³-hybridized carbons (Fsp3) is 0.588. The molecule has 1 aliphatic rings. The van der Waals surface area contributed by atoms with Gasteiger partial charge in [-0.1, -0.05) is 13.0 Å². The molecule has 6 N–H and O–H groups in total. The summed E-state index contributed by atoms with van der Waals surface area (Å²) in [6, 6.07) is 0. The van der Waals surface area contributed by atoms with Gasteiger partial charge in [-0.3, -0.25) is 4.57 Å². The van der Waals surface area contributed by atoms with E-state index in [4.69, 9.17) is 10.5 Å². The van der Waals surface area contributed by atoms with Gasteiger partial charge in [0.05, 0.1) is 6.61 Å². The average molecular weight is 378 g/mol. The van der Waals surface area contributed by atoms with Crippen LogP contribution in [-0.2, 0) is 4.74 Å². The molecule has 1 saturated heterocycles. The minimum atomic E-state index is -1.26. The van der Waals surface area contributed by atoms with E-state index in [-0.39, 0.29) is 11.7 Å². The standard InChI is InChI=1S/C17H26N6O4/c1-4-5-6-8(2)14-21-13(18)10-15(22-14)23(17(19-3)20-10)16-12(26)11(25)9(7-24)27-16/h4,8-9,11-12,16,24-26H,1,5-7H2,2-3H3,(H,19,20)(H2,18,21,22)/t8?,9-,11-,12-,16-/m1/s1. The fourth-order valence-electron chi connectivity index (χ4n) is 3.24. The number of aromatic nitrogens is 4. The van der Waals surface area contributed by atoms with Crippen LogP contribution in [0.4, 0.5) is 11.8 Å². The number of nitrogens with two attached hydrogens (primary N) is 1. The minimum absolute atomic E-state index is 0.0429. The summed E-state index contributed by atoms with van der Waals surface area (Å²) in [6.45, 7) is 5.31. The Morgan fingerprint density at radius 1 is 1.33 bits per heavy atom. The molecule has 10 heteroatoms. The quantitative estimate of drug-likeness (QED) is 0.423. The van der Waals surface area contributed by atoms with Crippen LogP contribution in [0.15, 0.2) is 12.7 Å². The summed E-state index contributed by atoms with van der Waals surface area (Å²) in [7, 11) is 1.66. The largest absolute Gasteiger partial charge is 0.394 e. The maximum atomic E-state index is 10.4. The van der Waals surface area contributed by atoms with Crippen molar-refractivity contribution in [1.29, 1.82) is 0 Å². The van der Waals surface area contributed by atoms with Crippen LogP contribution in [-0.4, -0.2) is 66.8 Å². The molecule has 3 heterocycles. The van der Waals surface area contributed by atoms with Gasteiger partial charge in [-0.25, -0.2) is 15.0 Å². The average Bonchev–Trinajstić information content (AvgIpc) is 3.17. The number of fused-ring (bicyclic) bond motifs is 1. The van der Waals surface area contributed by atoms with Crippen LogP contribution < -0.4 is 11.1 Å². The van der Waals surface area contributed by atoms with Crippen molar-refractivity contribution in [3.05, 3.63) is 18.5 Å². The molecule has 27 heavy (non-hydrogen) atoms. The first-order valence-corrected chi connectivity index (χ1v) is 8.89. The molecule has 1 aliphatic heterocycles. The van der Waals surface area contributed by atoms with Crippen LogP contribution in [0.1, 0.15) is 37.7 Å². The van der Waals surface area contributed by atoms with E-state index in [1.54, 1.807) is 11.6 Å². The Kier molecular flexibility index (Phi) is 5.61. The van der Waals surface area contributed by atoms with Gasteiger partial charge in [0.25, 0.3) is 0 Å². The molecule has 3 rings (SSSR count). The Morgan fingerprint density at radius 2 is 2.07 bits per heavy atom. The van der Waals surface area contributed by atoms with Gasteiger partial charge in [0, 0.05) is 13.0 Å². The number of anilines is 2. The molecule has 10 nitrogen and oxygen atoms in total. The SMILES string of the molecule is C=CCCC(C)c1nc(N)c2nc(NC)n([C@@H]3O[C@H](CO)[C@@H](O)[C@H]3O)c2n1. The highest BCUT2D eigenvalue weighted by Gasteiger charge is 2.45. The zero-order chi connectivity index (χ0) is 19.7. The van der Waals surface area contributed by atoms with Gasteiger partial charge in [-0.2, -0.15) is 0 Å². The Labute approximate surface area is 156 Å². The van der Waals surface area contributed by atoms with Crippen LogP contribution in [0.25, 0.3) is 11.2 Å². The maximum absolute atomic E-state index is 10.4. The minimum Gasteiger partial charge on any atom is -0.394 e. The van der Waals surface area contributed by atoms with Crippen LogP contribution in [0.3, 0.4) is 0 Å². The summed E-state index contributed by atoms with van der Waals surface area (Å²) in [5.74, 6) is 1.18. The van der Waals surface area contributed by atoms with Crippen molar-refractivity contribution in [2.45, 2.75) is 50.2 Å². The Bertz CT molecular complexity index is 825. The highest BCUT2D eigenvalue weighted by atomic mass is 16.6. The van der Waals surface area contributed by atoms with E-state index in [1.165, 1.54) is 0 Å². The van der Waals surface area contributed by atoms with E-state index < -0.39 is 31.1 Å². The van der Waals surface area contributed by atoms with Crippen molar-refractivity contribution in [3.8, 4) is 0 Å². The summed E-state index contributed by atoms with van der Waals surface area (Å²) in [5.41, 5.74) is 6.87. The van der Waals surface area contributed by atoms with Gasteiger partial charge in [0.15, 0.2) is 23.2 Å². The van der Waals surface area contributed by atoms with Crippen LogP contribution >= 0.6 is 0 Å². The first-order valence-electron chi connectivity index (χ1n) is 8.89. The lowest BCUT2D eigenvalue weighted by molar-refractivity contribution is -0.0501. The molecule has 148 valence electrons. The maximum Gasteiger partial charge on any atom is 0.207 e. The molecule has 0 saturated carbocycles. The smallest absolute Gasteiger partial charge is 0.207 e. The normalized spacial score (nSPS) is 26.4. The lowest BCUT2D eigenvalue weighted by Gasteiger charge is -2.19. The van der Waals surface area contributed by atoms with E-state index >= 15 is 0 Å². The second kappa shape index (κ2) is 7.77. The molecule has 0 spiro atoms. The summed E-state index contributed by atoms with van der Waals surface area (Å²) in [6.07, 6.45) is -0.904. The lowest BCUT2D eigenvalue weighted by Crippen LogP contribution is -2.33. The highest BCUT2D eigenvalue weighted by molar-refractivity contribution is 5.84. The van der Waals surface area contributed by atoms with Crippen LogP contribution in [0, 0.1) is 0 Å². The zero-order valence-electron chi connectivity index (χ0n) is 15.4. The zero-order valence-corrected chi connectivity index (χ0v) is 15.4. The topological polar surface area (TPSA) is 152 Å². The van der Waals surface area contributed by atoms with Crippen LogP contribution in [0.5, 0.6) is 0 Å². The van der Waals surface area contributed by atoms with Gasteiger partial charge in [-0.05, 0) is 12.8 Å². The van der Waals surface area contributed by atoms with Gasteiger partial charge in [0.2, 0.25) is 5.95 Å². The summed E-state index contributed by atoms with van der Waals surface area (Å²) < 4.78 is 7.20. The molecule has 0 bridgehead atoms. The Hall–Kier alpha value is -2.27. The Balaban J connectivity index is 2.11. The monoisotopic (exact) mass is 378 g/mol. The number of nitrogen functional groups attached to an aromatic ring is 1. The van der Waals surface area contributed by atoms with E-state index in [0.717, 1.165) is 12.8 Å². The van der Waals surface area contributed by atoms with E-state index in [2.05, 4.69) is 26.8 Å². The number of aliphatic hydroxyl groups excluding tert-OH is 3. The third-order valence-corrected chi connectivity index (χ3v) is 4.82. The predicted octanol–water partition coefficient (Wildman–Crippen LogP) is 0.131. The number of allylic oxidation sites excluding steroid dienone is 1. The molecule has 0 radical (unpaired) electrons. The molecule has 2 aromatic heterocycles. The summed E-state index contributed by atoms with van der Waals surface area (Å²) in [5, 5.41) is 32.8. The van der Waals surface area contributed by atoms with Crippen molar-refractivity contribution in [3.63, 3.8) is 0 Å². The number of ether oxygens (including phenoxy) is 1. The van der Waals surface area contributed by atoms with Crippen LogP contribution in [0.2, 0.25) is 0 Å². The second-order valence-corrected chi connectivity index (χ2v) is 6.69. The summed E-state index contributed by atoms with van der Waals surface area (Å²) >= 11 is 0. The molecule has 0 aromatic carbocycles. The number of aliphatic hydroxyl groups is 3. The Morgan fingerprint density at radius 3 is 2.67 bits per heavy atom. The highest BCUT2D eigenvalue weighted by Crippen LogP contribution is 2.35. The molecule has 1 fully saturated rings. The molecule has 0 aliphatic carbocycles. The third-order valence-electron chi connectivity index (χ3n) is 4.82. The second-order valence-electron chi connectivity index (χ2n) is 6.69. The van der Waals surface area contributed by atoms with Gasteiger partial charge < -0.3 is 31.1 Å². The van der Waals surface area contributed by atoms with Crippen molar-refractivity contribution in [2.75, 3.05) is 24.7 Å². The molecular formula is C17H26N6O4. The first-order chi connectivity index (χ1) is 12.9. The number of nitrogens with zero attached hydrogens (tertiary/aromatic N) is 4. The summed E-state index contributed by atoms with van der Waals surface area (Å²) in [4.78, 5) is 13.4. The van der Waals surface area contributed by atoms with E-state index in [0.29, 0.717) is 22.9 Å². The van der Waals surface area contributed by atoms with Gasteiger partial charge in [-0.15, -0.1) is 6.58 Å². The van der Waals surface area contributed by atoms with Crippen molar-refractivity contribution < 1.29 is 20.1 Å². The molecule has 5 atom stereocenters. The number of hydrogen-bond acceptors (Lipinski definition) is 9. The van der Waals surface area contributed by atoms with Crippen molar-refractivity contribution in [1.82, 2.24) is 19.5 Å². The van der Waals surface area contributed by atoms with Crippen molar-refractivity contribution >= 4 is 22.9 Å². The van der Waals surface area contributed by atoms with E-state index in [9.17, 15) is 15.3 Å². The molecule has 1 unspecified atom stereocenters. The number of hydrogen-bond donors (Lipinski definition) is 5. The number of imidazole rings is 1.